The van der Waals surface area contributed by atoms with Gasteiger partial charge in [-0.3, -0.25) is 4.98 Å². The Bertz CT molecular complexity index is 815. The summed E-state index contributed by atoms with van der Waals surface area (Å²) in [5.41, 5.74) is 3.56. The molecule has 1 aliphatic rings. The molecule has 5 nitrogen and oxygen atoms in total. The Hall–Kier alpha value is -2.41. The molecule has 1 aliphatic heterocycles. The van der Waals surface area contributed by atoms with E-state index < -0.39 is 6.61 Å². The number of piperazine rings is 1. The lowest BCUT2D eigenvalue weighted by molar-refractivity contribution is -0.0493. The van der Waals surface area contributed by atoms with Gasteiger partial charge in [0.15, 0.2) is 5.75 Å². The first kappa shape index (κ1) is 21.3. The van der Waals surface area contributed by atoms with Gasteiger partial charge in [-0.2, -0.15) is 8.78 Å². The van der Waals surface area contributed by atoms with E-state index in [-0.39, 0.29) is 11.2 Å². The third-order valence-corrected chi connectivity index (χ3v) is 5.19. The molecule has 0 bridgehead atoms. The van der Waals surface area contributed by atoms with E-state index in [1.165, 1.54) is 0 Å². The highest BCUT2D eigenvalue weighted by atomic mass is 19.3. The van der Waals surface area contributed by atoms with E-state index in [4.69, 9.17) is 4.74 Å². The number of rotatable bonds is 6. The number of alkyl halides is 2. The maximum absolute atomic E-state index is 13.0. The van der Waals surface area contributed by atoms with Gasteiger partial charge in [-0.25, -0.2) is 0 Å². The Morgan fingerprint density at radius 1 is 1.10 bits per heavy atom. The van der Waals surface area contributed by atoms with E-state index in [0.29, 0.717) is 12.2 Å². The molecule has 3 rings (SSSR count). The summed E-state index contributed by atoms with van der Waals surface area (Å²) in [4.78, 5) is 8.76. The molecule has 0 saturated carbocycles. The Balaban J connectivity index is 1.76. The molecule has 0 unspecified atom stereocenters. The molecule has 0 aliphatic carbocycles. The third kappa shape index (κ3) is 5.79. The van der Waals surface area contributed by atoms with Crippen LogP contribution in [0.4, 0.5) is 20.2 Å². The molecule has 1 aromatic carbocycles. The quantitative estimate of drug-likeness (QED) is 0.775. The molecule has 2 heterocycles. The summed E-state index contributed by atoms with van der Waals surface area (Å²) in [7, 11) is 2.08. The Morgan fingerprint density at radius 3 is 2.48 bits per heavy atom. The SMILES string of the molecule is CN1CCN(c2ccc(NCc3cncc(C(C)(C)C)c3)c(OC(F)F)c2)CC1. The summed E-state index contributed by atoms with van der Waals surface area (Å²) < 4.78 is 30.8. The average Bonchev–Trinajstić information content (AvgIpc) is 2.67. The fraction of sp³-hybridized carbons (Fsp3) is 0.500. The summed E-state index contributed by atoms with van der Waals surface area (Å²) in [6, 6.07) is 7.55. The fourth-order valence-electron chi connectivity index (χ4n) is 3.30. The van der Waals surface area contributed by atoms with Gasteiger partial charge >= 0.3 is 6.61 Å². The first-order chi connectivity index (χ1) is 13.7. The minimum absolute atomic E-state index is 0.00286. The van der Waals surface area contributed by atoms with E-state index in [0.717, 1.165) is 43.0 Å². The van der Waals surface area contributed by atoms with Crippen molar-refractivity contribution in [3.05, 3.63) is 47.8 Å². The van der Waals surface area contributed by atoms with Crippen molar-refractivity contribution in [3.63, 3.8) is 0 Å². The van der Waals surface area contributed by atoms with Crippen LogP contribution in [0.25, 0.3) is 0 Å². The van der Waals surface area contributed by atoms with Crippen LogP contribution < -0.4 is 15.0 Å². The maximum Gasteiger partial charge on any atom is 0.387 e. The topological polar surface area (TPSA) is 40.6 Å². The molecule has 2 aromatic rings. The summed E-state index contributed by atoms with van der Waals surface area (Å²) in [5.74, 6) is 0.163. The van der Waals surface area contributed by atoms with Crippen molar-refractivity contribution >= 4 is 11.4 Å². The second kappa shape index (κ2) is 8.95. The summed E-state index contributed by atoms with van der Waals surface area (Å²) >= 11 is 0. The third-order valence-electron chi connectivity index (χ3n) is 5.19. The Morgan fingerprint density at radius 2 is 1.83 bits per heavy atom. The van der Waals surface area contributed by atoms with E-state index in [9.17, 15) is 8.78 Å². The number of ether oxygens (including phenoxy) is 1. The summed E-state index contributed by atoms with van der Waals surface area (Å²) in [6.07, 6.45) is 3.65. The first-order valence-corrected chi connectivity index (χ1v) is 9.93. The van der Waals surface area contributed by atoms with E-state index in [2.05, 4.69) is 54.0 Å². The Labute approximate surface area is 171 Å². The van der Waals surface area contributed by atoms with Gasteiger partial charge in [-0.05, 0) is 35.7 Å². The molecule has 1 saturated heterocycles. The van der Waals surface area contributed by atoms with Crippen LogP contribution in [0.15, 0.2) is 36.7 Å². The number of aromatic nitrogens is 1. The molecule has 1 N–H and O–H groups in total. The van der Waals surface area contributed by atoms with Crippen molar-refractivity contribution in [2.24, 2.45) is 0 Å². The van der Waals surface area contributed by atoms with Gasteiger partial charge in [0.2, 0.25) is 0 Å². The van der Waals surface area contributed by atoms with Crippen molar-refractivity contribution < 1.29 is 13.5 Å². The number of benzene rings is 1. The number of likely N-dealkylation sites (N-methyl/N-ethyl adjacent to an activating group) is 1. The number of pyridine rings is 1. The zero-order valence-electron chi connectivity index (χ0n) is 17.6. The lowest BCUT2D eigenvalue weighted by Gasteiger charge is -2.34. The van der Waals surface area contributed by atoms with Gasteiger partial charge in [0, 0.05) is 56.9 Å². The largest absolute Gasteiger partial charge is 0.433 e. The highest BCUT2D eigenvalue weighted by Crippen LogP contribution is 2.32. The molecule has 7 heteroatoms. The predicted octanol–water partition coefficient (Wildman–Crippen LogP) is 4.34. The Kier molecular flexibility index (Phi) is 6.57. The first-order valence-electron chi connectivity index (χ1n) is 9.93. The molecular formula is C22H30F2N4O. The van der Waals surface area contributed by atoms with Gasteiger partial charge in [0.25, 0.3) is 0 Å². The van der Waals surface area contributed by atoms with Crippen molar-refractivity contribution in [1.29, 1.82) is 0 Å². The second-order valence-electron chi connectivity index (χ2n) is 8.53. The molecule has 1 fully saturated rings. The normalized spacial score (nSPS) is 15.6. The summed E-state index contributed by atoms with van der Waals surface area (Å²) in [6.45, 7) is 7.62. The molecular weight excluding hydrogens is 374 g/mol. The second-order valence-corrected chi connectivity index (χ2v) is 8.53. The summed E-state index contributed by atoms with van der Waals surface area (Å²) in [5, 5.41) is 3.23. The standard InChI is InChI=1S/C22H30F2N4O/c1-22(2,3)17-11-16(13-25-15-17)14-26-19-6-5-18(12-20(19)29-21(23)24)28-9-7-27(4)8-10-28/h5-6,11-13,15,21,26H,7-10,14H2,1-4H3. The van der Waals surface area contributed by atoms with Gasteiger partial charge < -0.3 is 19.9 Å². The van der Waals surface area contributed by atoms with Gasteiger partial charge in [-0.1, -0.05) is 26.8 Å². The highest BCUT2D eigenvalue weighted by Gasteiger charge is 2.18. The zero-order chi connectivity index (χ0) is 21.0. The smallest absolute Gasteiger partial charge is 0.387 e. The van der Waals surface area contributed by atoms with Crippen molar-refractivity contribution in [2.75, 3.05) is 43.4 Å². The number of nitrogens with zero attached hydrogens (tertiary/aromatic N) is 3. The monoisotopic (exact) mass is 404 g/mol. The van der Waals surface area contributed by atoms with Crippen LogP contribution in [0.2, 0.25) is 0 Å². The van der Waals surface area contributed by atoms with E-state index >= 15 is 0 Å². The zero-order valence-corrected chi connectivity index (χ0v) is 17.6. The molecule has 0 amide bonds. The minimum atomic E-state index is -2.87. The van der Waals surface area contributed by atoms with Crippen molar-refractivity contribution in [3.8, 4) is 5.75 Å². The van der Waals surface area contributed by atoms with Crippen molar-refractivity contribution in [1.82, 2.24) is 9.88 Å². The van der Waals surface area contributed by atoms with Gasteiger partial charge in [0.05, 0.1) is 5.69 Å². The fourth-order valence-corrected chi connectivity index (χ4v) is 3.30. The van der Waals surface area contributed by atoms with Crippen molar-refractivity contribution in [2.45, 2.75) is 39.3 Å². The van der Waals surface area contributed by atoms with Crippen LogP contribution in [0.5, 0.6) is 5.75 Å². The van der Waals surface area contributed by atoms with Gasteiger partial charge in [-0.15, -0.1) is 0 Å². The van der Waals surface area contributed by atoms with Crippen LogP contribution in [0, 0.1) is 0 Å². The molecule has 29 heavy (non-hydrogen) atoms. The average molecular weight is 405 g/mol. The molecule has 0 atom stereocenters. The minimum Gasteiger partial charge on any atom is -0.433 e. The van der Waals surface area contributed by atoms with Crippen LogP contribution in [-0.4, -0.2) is 49.7 Å². The van der Waals surface area contributed by atoms with Gasteiger partial charge in [0.1, 0.15) is 0 Å². The number of hydrogen-bond donors (Lipinski definition) is 1. The molecule has 0 spiro atoms. The molecule has 158 valence electrons. The van der Waals surface area contributed by atoms with Crippen LogP contribution in [0.1, 0.15) is 31.9 Å². The number of hydrogen-bond acceptors (Lipinski definition) is 5. The van der Waals surface area contributed by atoms with Crippen LogP contribution in [0.3, 0.4) is 0 Å². The van der Waals surface area contributed by atoms with E-state index in [1.807, 2.05) is 18.3 Å². The van der Waals surface area contributed by atoms with Crippen LogP contribution >= 0.6 is 0 Å². The molecule has 1 aromatic heterocycles. The van der Waals surface area contributed by atoms with E-state index in [1.54, 1.807) is 12.3 Å². The lowest BCUT2D eigenvalue weighted by atomic mass is 9.88. The number of anilines is 2. The number of halogens is 2. The lowest BCUT2D eigenvalue weighted by Crippen LogP contribution is -2.44. The molecule has 0 radical (unpaired) electrons. The number of nitrogens with one attached hydrogen (secondary N) is 1. The maximum atomic E-state index is 13.0. The highest BCUT2D eigenvalue weighted by molar-refractivity contribution is 5.65. The van der Waals surface area contributed by atoms with Crippen LogP contribution in [-0.2, 0) is 12.0 Å². The predicted molar refractivity (Wildman–Crippen MR) is 113 cm³/mol.